The Morgan fingerprint density at radius 1 is 1.00 bits per heavy atom. The first-order valence-corrected chi connectivity index (χ1v) is 5.48. The van der Waals surface area contributed by atoms with Gasteiger partial charge in [0.25, 0.3) is 0 Å². The van der Waals surface area contributed by atoms with Gasteiger partial charge < -0.3 is 15.3 Å². The molecule has 4 nitrogen and oxygen atoms in total. The molecule has 0 spiro atoms. The number of rotatable bonds is 4. The van der Waals surface area contributed by atoms with Crippen molar-refractivity contribution in [1.29, 1.82) is 0 Å². The first-order valence-electron chi connectivity index (χ1n) is 5.48. The van der Waals surface area contributed by atoms with E-state index in [1.807, 2.05) is 36.4 Å². The van der Waals surface area contributed by atoms with Gasteiger partial charge in [0.1, 0.15) is 0 Å². The van der Waals surface area contributed by atoms with Gasteiger partial charge in [-0.2, -0.15) is 0 Å². The van der Waals surface area contributed by atoms with Gasteiger partial charge in [-0.15, -0.1) is 0 Å². The minimum Gasteiger partial charge on any atom is -0.478 e. The van der Waals surface area contributed by atoms with Crippen LogP contribution in [0.4, 0.5) is 0 Å². The molecule has 0 aliphatic carbocycles. The lowest BCUT2D eigenvalue weighted by molar-refractivity contribution is -0.131. The molecule has 0 bridgehead atoms. The van der Waals surface area contributed by atoms with E-state index in [-0.39, 0.29) is 13.2 Å². The van der Waals surface area contributed by atoms with Crippen LogP contribution in [0.5, 0.6) is 0 Å². The molecule has 0 saturated heterocycles. The predicted molar refractivity (Wildman–Crippen MR) is 78.6 cm³/mol. The number of aliphatic carboxylic acids is 1. The van der Waals surface area contributed by atoms with Gasteiger partial charge in [0.15, 0.2) is 0 Å². The molecule has 3 N–H and O–H groups in total. The highest BCUT2D eigenvalue weighted by Gasteiger charge is 1.89. The van der Waals surface area contributed by atoms with E-state index in [0.717, 1.165) is 17.2 Å². The predicted octanol–water partition coefficient (Wildman–Crippen LogP) is 2.20. The third-order valence-corrected chi connectivity index (χ3v) is 1.71. The molecule has 0 fully saturated rings. The molecule has 19 heavy (non-hydrogen) atoms. The van der Waals surface area contributed by atoms with Crippen molar-refractivity contribution in [2.75, 3.05) is 13.2 Å². The molecule has 104 valence electrons. The van der Waals surface area contributed by atoms with E-state index in [0.29, 0.717) is 0 Å². The van der Waals surface area contributed by atoms with Crippen molar-refractivity contribution >= 4 is 18.1 Å². The molecule has 0 amide bonds. The summed E-state index contributed by atoms with van der Waals surface area (Å²) in [6.45, 7) is 10.1. The molecule has 0 aromatic heterocycles. The van der Waals surface area contributed by atoms with E-state index in [2.05, 4.69) is 19.7 Å². The molecule has 0 heterocycles. The third kappa shape index (κ3) is 12.1. The van der Waals surface area contributed by atoms with Gasteiger partial charge in [-0.25, -0.2) is 4.79 Å². The van der Waals surface area contributed by atoms with Gasteiger partial charge in [-0.1, -0.05) is 56.2 Å². The number of hydrogen-bond acceptors (Lipinski definition) is 3. The van der Waals surface area contributed by atoms with Crippen molar-refractivity contribution < 1.29 is 20.1 Å². The summed E-state index contributed by atoms with van der Waals surface area (Å²) in [7, 11) is 0. The molecular weight excluding hydrogens is 244 g/mol. The largest absolute Gasteiger partial charge is 0.478 e. The Morgan fingerprint density at radius 2 is 1.32 bits per heavy atom. The average molecular weight is 264 g/mol. The fourth-order valence-corrected chi connectivity index (χ4v) is 0.883. The quantitative estimate of drug-likeness (QED) is 0.728. The summed E-state index contributed by atoms with van der Waals surface area (Å²) in [6, 6.07) is 8.02. The van der Waals surface area contributed by atoms with Crippen LogP contribution in [0.1, 0.15) is 11.1 Å². The fourth-order valence-electron chi connectivity index (χ4n) is 0.883. The highest BCUT2D eigenvalue weighted by atomic mass is 16.4. The van der Waals surface area contributed by atoms with Crippen molar-refractivity contribution in [2.24, 2.45) is 0 Å². The van der Waals surface area contributed by atoms with Gasteiger partial charge in [0.2, 0.25) is 0 Å². The van der Waals surface area contributed by atoms with Gasteiger partial charge in [-0.3, -0.25) is 0 Å². The van der Waals surface area contributed by atoms with Gasteiger partial charge >= 0.3 is 5.97 Å². The standard InChI is InChI=1S/C10H10.C3H4O2.C2H6O2/c1-3-9-7-5-6-8-10(9)4-2;1-2-3(4)5;3-1-2-4/h3-8H,1-2H2;2H,1H2,(H,4,5);3-4H,1-2H2. The van der Waals surface area contributed by atoms with Crippen LogP contribution in [-0.2, 0) is 4.79 Å². The number of aliphatic hydroxyl groups excluding tert-OH is 2. The maximum absolute atomic E-state index is 9.25. The summed E-state index contributed by atoms with van der Waals surface area (Å²) < 4.78 is 0. The zero-order valence-electron chi connectivity index (χ0n) is 10.8. The molecule has 0 saturated carbocycles. The molecule has 1 aromatic carbocycles. The second-order valence-electron chi connectivity index (χ2n) is 3.03. The first kappa shape index (κ1) is 19.2. The number of aliphatic hydroxyl groups is 2. The Hall–Kier alpha value is -2.17. The second kappa shape index (κ2) is 13.9. The van der Waals surface area contributed by atoms with Crippen molar-refractivity contribution in [3.8, 4) is 0 Å². The number of carboxylic acids is 1. The SMILES string of the molecule is C=CC(=O)O.C=Cc1ccccc1C=C.OCCO. The number of carbonyl (C=O) groups is 1. The minimum absolute atomic E-state index is 0.125. The normalized spacial score (nSPS) is 7.89. The van der Waals surface area contributed by atoms with Crippen LogP contribution in [0.15, 0.2) is 50.1 Å². The lowest BCUT2D eigenvalue weighted by Gasteiger charge is -1.96. The minimum atomic E-state index is -0.981. The van der Waals surface area contributed by atoms with Crippen LogP contribution in [0.25, 0.3) is 12.2 Å². The topological polar surface area (TPSA) is 77.8 Å². The van der Waals surface area contributed by atoms with Gasteiger partial charge in [0.05, 0.1) is 13.2 Å². The number of benzene rings is 1. The summed E-state index contributed by atoms with van der Waals surface area (Å²) in [5, 5.41) is 22.9. The van der Waals surface area contributed by atoms with E-state index in [4.69, 9.17) is 15.3 Å². The van der Waals surface area contributed by atoms with Crippen LogP contribution < -0.4 is 0 Å². The average Bonchev–Trinajstić information content (AvgIpc) is 2.47. The molecule has 0 atom stereocenters. The number of hydrogen-bond donors (Lipinski definition) is 3. The second-order valence-corrected chi connectivity index (χ2v) is 3.03. The summed E-state index contributed by atoms with van der Waals surface area (Å²) in [6.07, 6.45) is 4.49. The van der Waals surface area contributed by atoms with E-state index in [1.165, 1.54) is 0 Å². The van der Waals surface area contributed by atoms with Crippen molar-refractivity contribution in [3.63, 3.8) is 0 Å². The molecule has 0 aliphatic rings. The zero-order chi connectivity index (χ0) is 15.1. The Balaban J connectivity index is 0. The highest BCUT2D eigenvalue weighted by molar-refractivity contribution is 5.78. The summed E-state index contributed by atoms with van der Waals surface area (Å²) in [5.74, 6) is -0.981. The van der Waals surface area contributed by atoms with Crippen molar-refractivity contribution in [1.82, 2.24) is 0 Å². The van der Waals surface area contributed by atoms with Crippen molar-refractivity contribution in [3.05, 3.63) is 61.2 Å². The summed E-state index contributed by atoms with van der Waals surface area (Å²) in [5.41, 5.74) is 2.27. The van der Waals surface area contributed by atoms with Crippen LogP contribution in [0.2, 0.25) is 0 Å². The lowest BCUT2D eigenvalue weighted by Crippen LogP contribution is -1.85. The Kier molecular flexibility index (Phi) is 14.0. The van der Waals surface area contributed by atoms with Gasteiger partial charge in [0, 0.05) is 6.08 Å². The third-order valence-electron chi connectivity index (χ3n) is 1.71. The highest BCUT2D eigenvalue weighted by Crippen LogP contribution is 2.10. The molecular formula is C15H20O4. The number of carboxylic acid groups (broad SMARTS) is 1. The molecule has 0 unspecified atom stereocenters. The molecule has 0 radical (unpaired) electrons. The monoisotopic (exact) mass is 264 g/mol. The summed E-state index contributed by atoms with van der Waals surface area (Å²) >= 11 is 0. The molecule has 0 aliphatic heterocycles. The smallest absolute Gasteiger partial charge is 0.327 e. The maximum Gasteiger partial charge on any atom is 0.327 e. The van der Waals surface area contributed by atoms with E-state index in [1.54, 1.807) is 0 Å². The van der Waals surface area contributed by atoms with Crippen LogP contribution >= 0.6 is 0 Å². The van der Waals surface area contributed by atoms with Crippen LogP contribution in [0.3, 0.4) is 0 Å². The van der Waals surface area contributed by atoms with E-state index in [9.17, 15) is 4.79 Å². The zero-order valence-corrected chi connectivity index (χ0v) is 10.8. The molecule has 4 heteroatoms. The Morgan fingerprint density at radius 3 is 1.47 bits per heavy atom. The van der Waals surface area contributed by atoms with E-state index >= 15 is 0 Å². The summed E-state index contributed by atoms with van der Waals surface area (Å²) in [4.78, 5) is 9.25. The first-order chi connectivity index (χ1) is 9.06. The molecule has 1 aromatic rings. The maximum atomic E-state index is 9.25. The van der Waals surface area contributed by atoms with E-state index < -0.39 is 5.97 Å². The van der Waals surface area contributed by atoms with Crippen molar-refractivity contribution in [2.45, 2.75) is 0 Å². The van der Waals surface area contributed by atoms with Crippen LogP contribution in [-0.4, -0.2) is 34.5 Å². The lowest BCUT2D eigenvalue weighted by atomic mass is 10.1. The fraction of sp³-hybridized carbons (Fsp3) is 0.133. The van der Waals surface area contributed by atoms with Crippen LogP contribution in [0, 0.1) is 0 Å². The Bertz CT molecular complexity index is 368. The van der Waals surface area contributed by atoms with Gasteiger partial charge in [-0.05, 0) is 11.1 Å². The molecule has 1 rings (SSSR count). The Labute approximate surface area is 113 Å².